The van der Waals surface area contributed by atoms with E-state index in [0.29, 0.717) is 12.5 Å². The lowest BCUT2D eigenvalue weighted by Gasteiger charge is -2.11. The van der Waals surface area contributed by atoms with Crippen LogP contribution in [0.4, 0.5) is 0 Å². The highest BCUT2D eigenvalue weighted by atomic mass is 32.1. The number of aliphatic hydroxyl groups excluding tert-OH is 1. The molecule has 1 amide bonds. The first-order chi connectivity index (χ1) is 10.2. The number of thiophene rings is 1. The predicted octanol–water partition coefficient (Wildman–Crippen LogP) is 2.14. The van der Waals surface area contributed by atoms with Crippen molar-refractivity contribution < 1.29 is 14.6 Å². The lowest BCUT2D eigenvalue weighted by Crippen LogP contribution is -2.34. The van der Waals surface area contributed by atoms with Crippen molar-refractivity contribution in [1.82, 2.24) is 5.32 Å². The molecule has 1 fully saturated rings. The maximum Gasteiger partial charge on any atom is 0.261 e. The van der Waals surface area contributed by atoms with Crippen LogP contribution in [0.3, 0.4) is 0 Å². The van der Waals surface area contributed by atoms with Gasteiger partial charge < -0.3 is 15.2 Å². The molecule has 1 unspecified atom stereocenters. The van der Waals surface area contributed by atoms with Crippen LogP contribution in [0.25, 0.3) is 0 Å². The molecular formula is C16H23NO3S. The monoisotopic (exact) mass is 309 g/mol. The SMILES string of the molecule is O=C(NCC(O)COCC1CC1)c1cc2c(s1)CCCC2. The van der Waals surface area contributed by atoms with E-state index in [2.05, 4.69) is 5.32 Å². The molecule has 0 spiro atoms. The summed E-state index contributed by atoms with van der Waals surface area (Å²) in [6, 6.07) is 2.02. The van der Waals surface area contributed by atoms with Crippen LogP contribution < -0.4 is 5.32 Å². The highest BCUT2D eigenvalue weighted by Crippen LogP contribution is 2.30. The molecule has 0 aliphatic heterocycles. The second-order valence-corrected chi connectivity index (χ2v) is 7.25. The Morgan fingerprint density at radius 2 is 2.24 bits per heavy atom. The van der Waals surface area contributed by atoms with E-state index in [0.717, 1.165) is 24.3 Å². The Kier molecular flexibility index (Phi) is 4.93. The van der Waals surface area contributed by atoms with Gasteiger partial charge in [0.2, 0.25) is 0 Å². The van der Waals surface area contributed by atoms with Gasteiger partial charge in [-0.15, -0.1) is 11.3 Å². The molecule has 1 atom stereocenters. The maximum atomic E-state index is 12.1. The summed E-state index contributed by atoms with van der Waals surface area (Å²) in [4.78, 5) is 14.2. The molecule has 116 valence electrons. The molecule has 2 N–H and O–H groups in total. The van der Waals surface area contributed by atoms with E-state index < -0.39 is 6.10 Å². The number of aryl methyl sites for hydroxylation is 2. The number of aliphatic hydroxyl groups is 1. The van der Waals surface area contributed by atoms with Gasteiger partial charge in [-0.05, 0) is 56.1 Å². The maximum absolute atomic E-state index is 12.1. The Hall–Kier alpha value is -0.910. The first-order valence-electron chi connectivity index (χ1n) is 7.88. The molecule has 0 saturated heterocycles. The molecule has 2 aliphatic carbocycles. The van der Waals surface area contributed by atoms with Crippen LogP contribution in [0.1, 0.15) is 45.8 Å². The summed E-state index contributed by atoms with van der Waals surface area (Å²) in [5.74, 6) is 0.625. The van der Waals surface area contributed by atoms with Crippen molar-refractivity contribution in [2.45, 2.75) is 44.6 Å². The highest BCUT2D eigenvalue weighted by Gasteiger charge is 2.22. The molecule has 4 nitrogen and oxygen atoms in total. The fourth-order valence-electron chi connectivity index (χ4n) is 2.61. The Balaban J connectivity index is 1.41. The number of nitrogens with one attached hydrogen (secondary N) is 1. The minimum atomic E-state index is -0.623. The summed E-state index contributed by atoms with van der Waals surface area (Å²) in [5, 5.41) is 12.6. The Bertz CT molecular complexity index is 472. The molecule has 0 radical (unpaired) electrons. The number of hydrogen-bond acceptors (Lipinski definition) is 4. The highest BCUT2D eigenvalue weighted by molar-refractivity contribution is 7.14. The van der Waals surface area contributed by atoms with Crippen LogP contribution >= 0.6 is 11.3 Å². The third kappa shape index (κ3) is 4.28. The van der Waals surface area contributed by atoms with E-state index in [1.165, 1.54) is 36.1 Å². The second kappa shape index (κ2) is 6.90. The van der Waals surface area contributed by atoms with Crippen molar-refractivity contribution >= 4 is 17.2 Å². The van der Waals surface area contributed by atoms with Crippen molar-refractivity contribution in [3.05, 3.63) is 21.4 Å². The fraction of sp³-hybridized carbons (Fsp3) is 0.688. The van der Waals surface area contributed by atoms with Gasteiger partial charge >= 0.3 is 0 Å². The van der Waals surface area contributed by atoms with Gasteiger partial charge in [0.15, 0.2) is 0 Å². The number of ether oxygens (including phenoxy) is 1. The summed E-state index contributed by atoms with van der Waals surface area (Å²) in [5.41, 5.74) is 1.34. The third-order valence-electron chi connectivity index (χ3n) is 4.08. The van der Waals surface area contributed by atoms with E-state index in [1.807, 2.05) is 6.07 Å². The number of amides is 1. The van der Waals surface area contributed by atoms with E-state index in [9.17, 15) is 9.90 Å². The number of rotatable bonds is 7. The summed E-state index contributed by atoms with van der Waals surface area (Å²) in [7, 11) is 0. The summed E-state index contributed by atoms with van der Waals surface area (Å²) in [6.45, 7) is 1.30. The molecule has 1 saturated carbocycles. The van der Waals surface area contributed by atoms with Gasteiger partial charge in [0.25, 0.3) is 5.91 Å². The third-order valence-corrected chi connectivity index (χ3v) is 5.32. The standard InChI is InChI=1S/C16H23NO3S/c18-13(10-20-9-11-5-6-11)8-17-16(19)15-7-12-3-1-2-4-14(12)21-15/h7,11,13,18H,1-6,8-10H2,(H,17,19). The molecule has 0 bridgehead atoms. The lowest BCUT2D eigenvalue weighted by molar-refractivity contribution is 0.0321. The van der Waals surface area contributed by atoms with Crippen LogP contribution in [0.5, 0.6) is 0 Å². The van der Waals surface area contributed by atoms with Gasteiger partial charge in [-0.1, -0.05) is 0 Å². The first-order valence-corrected chi connectivity index (χ1v) is 8.69. The van der Waals surface area contributed by atoms with Gasteiger partial charge in [0.05, 0.1) is 17.6 Å². The molecule has 1 heterocycles. The number of carbonyl (C=O) groups is 1. The fourth-order valence-corrected chi connectivity index (χ4v) is 3.78. The molecule has 1 aromatic heterocycles. The lowest BCUT2D eigenvalue weighted by atomic mass is 9.99. The number of carbonyl (C=O) groups excluding carboxylic acids is 1. The second-order valence-electron chi connectivity index (χ2n) is 6.11. The molecular weight excluding hydrogens is 286 g/mol. The molecule has 21 heavy (non-hydrogen) atoms. The van der Waals surface area contributed by atoms with E-state index in [4.69, 9.17) is 4.74 Å². The van der Waals surface area contributed by atoms with Gasteiger partial charge in [0.1, 0.15) is 0 Å². The Morgan fingerprint density at radius 3 is 3.00 bits per heavy atom. The van der Waals surface area contributed by atoms with Gasteiger partial charge in [0, 0.05) is 18.0 Å². The summed E-state index contributed by atoms with van der Waals surface area (Å²) in [6.07, 6.45) is 6.52. The quantitative estimate of drug-likeness (QED) is 0.811. The predicted molar refractivity (Wildman–Crippen MR) is 82.8 cm³/mol. The average molecular weight is 309 g/mol. The van der Waals surface area contributed by atoms with Gasteiger partial charge in [-0.3, -0.25) is 4.79 Å². The van der Waals surface area contributed by atoms with Crippen LogP contribution in [0.15, 0.2) is 6.07 Å². The Morgan fingerprint density at radius 1 is 1.43 bits per heavy atom. The Labute approximate surface area is 129 Å². The zero-order chi connectivity index (χ0) is 14.7. The van der Waals surface area contributed by atoms with Crippen molar-refractivity contribution in [3.8, 4) is 0 Å². The minimum Gasteiger partial charge on any atom is -0.389 e. The molecule has 1 aromatic rings. The van der Waals surface area contributed by atoms with Crippen LogP contribution in [0.2, 0.25) is 0 Å². The van der Waals surface area contributed by atoms with E-state index in [-0.39, 0.29) is 12.5 Å². The molecule has 0 aromatic carbocycles. The summed E-state index contributed by atoms with van der Waals surface area (Å²) >= 11 is 1.60. The van der Waals surface area contributed by atoms with Crippen LogP contribution in [-0.2, 0) is 17.6 Å². The smallest absolute Gasteiger partial charge is 0.261 e. The van der Waals surface area contributed by atoms with Crippen molar-refractivity contribution in [3.63, 3.8) is 0 Å². The molecule has 3 rings (SSSR count). The molecule has 2 aliphatic rings. The van der Waals surface area contributed by atoms with E-state index >= 15 is 0 Å². The topological polar surface area (TPSA) is 58.6 Å². The van der Waals surface area contributed by atoms with Crippen molar-refractivity contribution in [2.24, 2.45) is 5.92 Å². The number of fused-ring (bicyclic) bond motifs is 1. The normalized spacial score (nSPS) is 19.1. The van der Waals surface area contributed by atoms with Crippen molar-refractivity contribution in [2.75, 3.05) is 19.8 Å². The van der Waals surface area contributed by atoms with Crippen LogP contribution in [-0.4, -0.2) is 36.9 Å². The van der Waals surface area contributed by atoms with Gasteiger partial charge in [-0.25, -0.2) is 0 Å². The van der Waals surface area contributed by atoms with Crippen LogP contribution in [0, 0.1) is 5.92 Å². The average Bonchev–Trinajstić information content (AvgIpc) is 3.20. The van der Waals surface area contributed by atoms with E-state index in [1.54, 1.807) is 11.3 Å². The number of hydrogen-bond donors (Lipinski definition) is 2. The zero-order valence-electron chi connectivity index (χ0n) is 12.3. The molecule has 5 heteroatoms. The van der Waals surface area contributed by atoms with Gasteiger partial charge in [-0.2, -0.15) is 0 Å². The van der Waals surface area contributed by atoms with Crippen molar-refractivity contribution in [1.29, 1.82) is 0 Å². The summed E-state index contributed by atoms with van der Waals surface area (Å²) < 4.78 is 5.42. The minimum absolute atomic E-state index is 0.0735. The zero-order valence-corrected chi connectivity index (χ0v) is 13.1. The first kappa shape index (κ1) is 15.0. The largest absolute Gasteiger partial charge is 0.389 e.